The van der Waals surface area contributed by atoms with Crippen molar-refractivity contribution in [2.24, 2.45) is 11.8 Å². The SMILES string of the molecule is CCO[C@H](Cc1ccc(OCCNC2C3CN(Cc4ccc(OC(F)(F)F)cc4)CC32)cc1)C(=O)O. The van der Waals surface area contributed by atoms with Crippen LogP contribution in [0.4, 0.5) is 13.2 Å². The van der Waals surface area contributed by atoms with Gasteiger partial charge in [0.2, 0.25) is 0 Å². The molecule has 7 nitrogen and oxygen atoms in total. The van der Waals surface area contributed by atoms with Gasteiger partial charge in [-0.15, -0.1) is 13.2 Å². The van der Waals surface area contributed by atoms with Crippen LogP contribution in [0.1, 0.15) is 18.1 Å². The fraction of sp³-hybridized carbons (Fsp3) is 0.500. The Hall–Kier alpha value is -2.82. The summed E-state index contributed by atoms with van der Waals surface area (Å²) in [5.74, 6) is 0.739. The fourth-order valence-corrected chi connectivity index (χ4v) is 4.85. The van der Waals surface area contributed by atoms with Crippen LogP contribution < -0.4 is 14.8 Å². The van der Waals surface area contributed by atoms with Crippen LogP contribution in [0.15, 0.2) is 48.5 Å². The molecular weight excluding hydrogens is 477 g/mol. The maximum atomic E-state index is 12.3. The molecule has 2 unspecified atom stereocenters. The average Bonchev–Trinajstić information content (AvgIpc) is 3.27. The summed E-state index contributed by atoms with van der Waals surface area (Å²) in [6.07, 6.45) is -5.21. The first-order valence-corrected chi connectivity index (χ1v) is 12.1. The molecule has 36 heavy (non-hydrogen) atoms. The quantitative estimate of drug-likeness (QED) is 0.399. The Morgan fingerprint density at radius 2 is 1.67 bits per heavy atom. The van der Waals surface area contributed by atoms with E-state index in [9.17, 15) is 23.1 Å². The Morgan fingerprint density at radius 1 is 1.06 bits per heavy atom. The first-order chi connectivity index (χ1) is 17.2. The molecule has 1 heterocycles. The average molecular weight is 509 g/mol. The number of likely N-dealkylation sites (tertiary alicyclic amines) is 1. The van der Waals surface area contributed by atoms with Crippen LogP contribution in [0.2, 0.25) is 0 Å². The highest BCUT2D eigenvalue weighted by Gasteiger charge is 2.55. The lowest BCUT2D eigenvalue weighted by Crippen LogP contribution is -2.33. The number of benzene rings is 2. The molecule has 0 bridgehead atoms. The summed E-state index contributed by atoms with van der Waals surface area (Å²) in [6, 6.07) is 13.9. The minimum Gasteiger partial charge on any atom is -0.492 e. The molecule has 196 valence electrons. The molecule has 2 aliphatic rings. The van der Waals surface area contributed by atoms with Crippen molar-refractivity contribution in [3.63, 3.8) is 0 Å². The van der Waals surface area contributed by atoms with E-state index < -0.39 is 18.4 Å². The Morgan fingerprint density at radius 3 is 2.25 bits per heavy atom. The number of carboxylic acids is 1. The van der Waals surface area contributed by atoms with Gasteiger partial charge < -0.3 is 24.6 Å². The first-order valence-electron chi connectivity index (χ1n) is 12.1. The molecule has 1 aliphatic carbocycles. The van der Waals surface area contributed by atoms with Gasteiger partial charge in [0.25, 0.3) is 0 Å². The van der Waals surface area contributed by atoms with Crippen LogP contribution in [0.25, 0.3) is 0 Å². The van der Waals surface area contributed by atoms with Crippen LogP contribution in [-0.2, 0) is 22.5 Å². The smallest absolute Gasteiger partial charge is 0.492 e. The number of ether oxygens (including phenoxy) is 3. The third-order valence-corrected chi connectivity index (χ3v) is 6.57. The normalized spacial score (nSPS) is 22.2. The number of fused-ring (bicyclic) bond motifs is 1. The third kappa shape index (κ3) is 7.35. The number of aliphatic carboxylic acids is 1. The van der Waals surface area contributed by atoms with E-state index in [4.69, 9.17) is 9.47 Å². The summed E-state index contributed by atoms with van der Waals surface area (Å²) >= 11 is 0. The van der Waals surface area contributed by atoms with Crippen molar-refractivity contribution in [1.82, 2.24) is 10.2 Å². The molecular formula is C26H31F3N2O5. The van der Waals surface area contributed by atoms with Crippen LogP contribution in [-0.4, -0.2) is 67.3 Å². The van der Waals surface area contributed by atoms with Gasteiger partial charge in [-0.05, 0) is 54.2 Å². The number of halogens is 3. The number of piperidine rings is 1. The monoisotopic (exact) mass is 508 g/mol. The summed E-state index contributed by atoms with van der Waals surface area (Å²) in [6.45, 7) is 6.02. The van der Waals surface area contributed by atoms with Gasteiger partial charge in [0.15, 0.2) is 6.10 Å². The van der Waals surface area contributed by atoms with E-state index in [2.05, 4.69) is 15.0 Å². The van der Waals surface area contributed by atoms with Gasteiger partial charge in [0.05, 0.1) is 0 Å². The van der Waals surface area contributed by atoms with Gasteiger partial charge in [-0.1, -0.05) is 24.3 Å². The first kappa shape index (κ1) is 26.2. The summed E-state index contributed by atoms with van der Waals surface area (Å²) in [4.78, 5) is 13.5. The van der Waals surface area contributed by atoms with Crippen molar-refractivity contribution in [3.8, 4) is 11.5 Å². The maximum absolute atomic E-state index is 12.3. The summed E-state index contributed by atoms with van der Waals surface area (Å²) in [5.41, 5.74) is 1.84. The predicted octanol–water partition coefficient (Wildman–Crippen LogP) is 3.72. The zero-order valence-electron chi connectivity index (χ0n) is 20.0. The molecule has 0 radical (unpaired) electrons. The van der Waals surface area contributed by atoms with Gasteiger partial charge in [-0.3, -0.25) is 4.90 Å². The fourth-order valence-electron chi connectivity index (χ4n) is 4.85. The lowest BCUT2D eigenvalue weighted by atomic mass is 10.1. The van der Waals surface area contributed by atoms with Crippen LogP contribution >= 0.6 is 0 Å². The molecule has 1 saturated carbocycles. The van der Waals surface area contributed by atoms with Gasteiger partial charge in [0.1, 0.15) is 18.1 Å². The number of carboxylic acid groups (broad SMARTS) is 1. The van der Waals surface area contributed by atoms with E-state index in [0.29, 0.717) is 44.1 Å². The van der Waals surface area contributed by atoms with E-state index >= 15 is 0 Å². The highest BCUT2D eigenvalue weighted by Crippen LogP contribution is 2.45. The number of nitrogens with one attached hydrogen (secondary N) is 1. The molecule has 1 saturated heterocycles. The summed E-state index contributed by atoms with van der Waals surface area (Å²) < 4.78 is 51.8. The molecule has 2 fully saturated rings. The number of carbonyl (C=O) groups is 1. The molecule has 10 heteroatoms. The zero-order valence-corrected chi connectivity index (χ0v) is 20.0. The Balaban J connectivity index is 1.11. The number of rotatable bonds is 13. The van der Waals surface area contributed by atoms with Crippen molar-refractivity contribution in [3.05, 3.63) is 59.7 Å². The minimum absolute atomic E-state index is 0.202. The van der Waals surface area contributed by atoms with Gasteiger partial charge in [0, 0.05) is 45.2 Å². The Bertz CT molecular complexity index is 988. The van der Waals surface area contributed by atoms with E-state index in [1.807, 2.05) is 24.3 Å². The van der Waals surface area contributed by atoms with E-state index in [-0.39, 0.29) is 5.75 Å². The minimum atomic E-state index is -4.67. The van der Waals surface area contributed by atoms with Crippen LogP contribution in [0, 0.1) is 11.8 Å². The van der Waals surface area contributed by atoms with Crippen molar-refractivity contribution in [2.75, 3.05) is 32.8 Å². The van der Waals surface area contributed by atoms with Crippen LogP contribution in [0.3, 0.4) is 0 Å². The molecule has 2 aromatic rings. The maximum Gasteiger partial charge on any atom is 0.573 e. The summed E-state index contributed by atoms with van der Waals surface area (Å²) in [7, 11) is 0. The van der Waals surface area contributed by atoms with Crippen molar-refractivity contribution < 1.29 is 37.3 Å². The molecule has 3 atom stereocenters. The second kappa shape index (κ2) is 11.5. The molecule has 0 spiro atoms. The second-order valence-electron chi connectivity index (χ2n) is 9.17. The van der Waals surface area contributed by atoms with Gasteiger partial charge >= 0.3 is 12.3 Å². The van der Waals surface area contributed by atoms with E-state index in [0.717, 1.165) is 36.5 Å². The highest BCUT2D eigenvalue weighted by molar-refractivity contribution is 5.72. The van der Waals surface area contributed by atoms with Gasteiger partial charge in [-0.25, -0.2) is 4.79 Å². The molecule has 0 amide bonds. The van der Waals surface area contributed by atoms with E-state index in [1.165, 1.54) is 12.1 Å². The molecule has 1 aliphatic heterocycles. The lowest BCUT2D eigenvalue weighted by molar-refractivity contribution is -0.274. The standard InChI is InChI=1S/C26H31F3N2O5/c1-2-34-23(25(32)33)13-17-3-7-19(8-4-17)35-12-11-30-24-21-15-31(16-22(21)24)14-18-5-9-20(10-6-18)36-26(27,28)29/h3-10,21-24,30H,2,11-16H2,1H3,(H,32,33)/t21?,22?,23-,24?/m1/s1. The number of nitrogens with zero attached hydrogens (tertiary/aromatic N) is 1. The van der Waals surface area contributed by atoms with Crippen molar-refractivity contribution >= 4 is 5.97 Å². The molecule has 0 aromatic heterocycles. The molecule has 4 rings (SSSR count). The largest absolute Gasteiger partial charge is 0.573 e. The zero-order chi connectivity index (χ0) is 25.7. The Kier molecular flexibility index (Phi) is 8.38. The van der Waals surface area contributed by atoms with Crippen molar-refractivity contribution in [2.45, 2.75) is 38.4 Å². The Labute approximate surface area is 208 Å². The number of hydrogen-bond acceptors (Lipinski definition) is 6. The van der Waals surface area contributed by atoms with Crippen LogP contribution in [0.5, 0.6) is 11.5 Å². The third-order valence-electron chi connectivity index (χ3n) is 6.57. The molecule has 2 aromatic carbocycles. The number of alkyl halides is 3. The highest BCUT2D eigenvalue weighted by atomic mass is 19.4. The second-order valence-corrected chi connectivity index (χ2v) is 9.17. The molecule has 2 N–H and O–H groups in total. The van der Waals surface area contributed by atoms with E-state index in [1.54, 1.807) is 19.1 Å². The van der Waals surface area contributed by atoms with Crippen molar-refractivity contribution in [1.29, 1.82) is 0 Å². The lowest BCUT2D eigenvalue weighted by Gasteiger charge is -2.20. The number of hydrogen-bond donors (Lipinski definition) is 2. The predicted molar refractivity (Wildman–Crippen MR) is 126 cm³/mol. The summed E-state index contributed by atoms with van der Waals surface area (Å²) in [5, 5.41) is 12.7. The van der Waals surface area contributed by atoms with Gasteiger partial charge in [-0.2, -0.15) is 0 Å². The topological polar surface area (TPSA) is 80.3 Å².